The second-order valence-corrected chi connectivity index (χ2v) is 7.71. The molecule has 0 aromatic rings. The van der Waals surface area contributed by atoms with Crippen LogP contribution in [-0.2, 0) is 9.53 Å². The van der Waals surface area contributed by atoms with Gasteiger partial charge < -0.3 is 9.64 Å². The molecular formula is C24H45NO2. The third-order valence-corrected chi connectivity index (χ3v) is 4.62. The van der Waals surface area contributed by atoms with Gasteiger partial charge in [-0.25, -0.2) is 0 Å². The largest absolute Gasteiger partial charge is 0.466 e. The summed E-state index contributed by atoms with van der Waals surface area (Å²) in [6.07, 6.45) is 26.0. The van der Waals surface area contributed by atoms with Gasteiger partial charge in [0.2, 0.25) is 0 Å². The smallest absolute Gasteiger partial charge is 0.307 e. The van der Waals surface area contributed by atoms with Crippen molar-refractivity contribution in [2.75, 3.05) is 27.2 Å². The highest BCUT2D eigenvalue weighted by Crippen LogP contribution is 2.09. The Kier molecular flexibility index (Phi) is 20.4. The summed E-state index contributed by atoms with van der Waals surface area (Å²) in [6, 6.07) is 0. The third-order valence-electron chi connectivity index (χ3n) is 4.62. The summed E-state index contributed by atoms with van der Waals surface area (Å²) in [7, 11) is 3.94. The Bertz CT molecular complexity index is 375. The second kappa shape index (κ2) is 21.2. The molecule has 0 saturated carbocycles. The van der Waals surface area contributed by atoms with E-state index in [0.29, 0.717) is 13.0 Å². The van der Waals surface area contributed by atoms with Crippen LogP contribution in [0.3, 0.4) is 0 Å². The molecular weight excluding hydrogens is 334 g/mol. The number of carbonyl (C=O) groups is 1. The Balaban J connectivity index is 3.22. The number of allylic oxidation sites excluding steroid dienone is 4. The van der Waals surface area contributed by atoms with Crippen LogP contribution in [0.1, 0.15) is 96.8 Å². The van der Waals surface area contributed by atoms with E-state index < -0.39 is 0 Å². The maximum absolute atomic E-state index is 11.5. The van der Waals surface area contributed by atoms with Crippen LogP contribution in [0, 0.1) is 0 Å². The molecule has 0 amide bonds. The van der Waals surface area contributed by atoms with E-state index in [4.69, 9.17) is 4.74 Å². The van der Waals surface area contributed by atoms with Gasteiger partial charge in [-0.3, -0.25) is 4.79 Å². The number of nitrogens with zero attached hydrogens (tertiary/aromatic N) is 1. The number of hydrogen-bond acceptors (Lipinski definition) is 3. The van der Waals surface area contributed by atoms with Crippen molar-refractivity contribution in [3.05, 3.63) is 24.3 Å². The number of esters is 1. The van der Waals surface area contributed by atoms with Crippen LogP contribution < -0.4 is 0 Å². The molecule has 158 valence electrons. The predicted octanol–water partition coefficient (Wildman–Crippen LogP) is 6.68. The van der Waals surface area contributed by atoms with Crippen molar-refractivity contribution >= 4 is 5.97 Å². The van der Waals surface area contributed by atoms with Crippen LogP contribution in [0.4, 0.5) is 0 Å². The minimum absolute atomic E-state index is 0.0660. The van der Waals surface area contributed by atoms with Gasteiger partial charge in [0.05, 0.1) is 13.0 Å². The zero-order valence-corrected chi connectivity index (χ0v) is 18.4. The first-order valence-corrected chi connectivity index (χ1v) is 11.3. The SMILES string of the molecule is CCCCC/C=C\C/C=C\CCCCCCCCCOC(=O)CCN(C)C. The van der Waals surface area contributed by atoms with Crippen LogP contribution >= 0.6 is 0 Å². The molecule has 0 fully saturated rings. The molecule has 0 spiro atoms. The average Bonchev–Trinajstić information content (AvgIpc) is 2.65. The van der Waals surface area contributed by atoms with Crippen LogP contribution in [-0.4, -0.2) is 38.1 Å². The van der Waals surface area contributed by atoms with Gasteiger partial charge in [0.25, 0.3) is 0 Å². The fraction of sp³-hybridized carbons (Fsp3) is 0.792. The van der Waals surface area contributed by atoms with Gasteiger partial charge in [0, 0.05) is 6.54 Å². The monoisotopic (exact) mass is 379 g/mol. The summed E-state index contributed by atoms with van der Waals surface area (Å²) in [5, 5.41) is 0. The first-order chi connectivity index (χ1) is 13.2. The van der Waals surface area contributed by atoms with Gasteiger partial charge in [-0.2, -0.15) is 0 Å². The van der Waals surface area contributed by atoms with Crippen LogP contribution in [0.15, 0.2) is 24.3 Å². The number of unbranched alkanes of at least 4 members (excludes halogenated alkanes) is 10. The van der Waals surface area contributed by atoms with Crippen LogP contribution in [0.5, 0.6) is 0 Å². The Labute approximate surface area is 169 Å². The summed E-state index contributed by atoms with van der Waals surface area (Å²) in [5.41, 5.74) is 0. The molecule has 0 heterocycles. The van der Waals surface area contributed by atoms with E-state index >= 15 is 0 Å². The molecule has 3 heteroatoms. The number of rotatable bonds is 19. The van der Waals surface area contributed by atoms with Gasteiger partial charge >= 0.3 is 5.97 Å². The molecule has 0 aliphatic carbocycles. The normalized spacial score (nSPS) is 11.9. The molecule has 0 N–H and O–H groups in total. The number of hydrogen-bond donors (Lipinski definition) is 0. The molecule has 0 atom stereocenters. The van der Waals surface area contributed by atoms with Crippen molar-refractivity contribution in [3.63, 3.8) is 0 Å². The average molecular weight is 380 g/mol. The first-order valence-electron chi connectivity index (χ1n) is 11.3. The number of ether oxygens (including phenoxy) is 1. The third kappa shape index (κ3) is 22.9. The zero-order valence-electron chi connectivity index (χ0n) is 18.4. The molecule has 3 nitrogen and oxygen atoms in total. The minimum atomic E-state index is -0.0660. The molecule has 0 bridgehead atoms. The highest BCUT2D eigenvalue weighted by atomic mass is 16.5. The molecule has 0 aliphatic rings. The Hall–Kier alpha value is -1.09. The lowest BCUT2D eigenvalue weighted by molar-refractivity contribution is -0.144. The van der Waals surface area contributed by atoms with E-state index in [1.165, 1.54) is 70.6 Å². The van der Waals surface area contributed by atoms with Crippen LogP contribution in [0.2, 0.25) is 0 Å². The Morgan fingerprint density at radius 3 is 1.93 bits per heavy atom. The van der Waals surface area contributed by atoms with Gasteiger partial charge in [-0.15, -0.1) is 0 Å². The summed E-state index contributed by atoms with van der Waals surface area (Å²) in [5.74, 6) is -0.0660. The summed E-state index contributed by atoms with van der Waals surface area (Å²) < 4.78 is 5.24. The van der Waals surface area contributed by atoms with Crippen LogP contribution in [0.25, 0.3) is 0 Å². The van der Waals surface area contributed by atoms with E-state index in [0.717, 1.165) is 19.4 Å². The predicted molar refractivity (Wildman–Crippen MR) is 118 cm³/mol. The lowest BCUT2D eigenvalue weighted by Gasteiger charge is -2.09. The van der Waals surface area contributed by atoms with Crippen molar-refractivity contribution in [1.82, 2.24) is 4.90 Å². The number of carbonyl (C=O) groups excluding carboxylic acids is 1. The van der Waals surface area contributed by atoms with Crippen molar-refractivity contribution in [2.45, 2.75) is 96.8 Å². The maximum atomic E-state index is 11.5. The minimum Gasteiger partial charge on any atom is -0.466 e. The zero-order chi connectivity index (χ0) is 20.0. The van der Waals surface area contributed by atoms with Gasteiger partial charge in [0.15, 0.2) is 0 Å². The van der Waals surface area contributed by atoms with E-state index in [1.807, 2.05) is 19.0 Å². The fourth-order valence-corrected chi connectivity index (χ4v) is 2.84. The molecule has 27 heavy (non-hydrogen) atoms. The maximum Gasteiger partial charge on any atom is 0.307 e. The molecule has 0 rings (SSSR count). The standard InChI is InChI=1S/C24H45NO2/c1-4-5-6-7-8-9-10-11-12-13-14-15-16-17-18-19-20-23-27-24(26)21-22-25(2)3/h8-9,11-12H,4-7,10,13-23H2,1-3H3/b9-8-,12-11-. The van der Waals surface area contributed by atoms with Crippen molar-refractivity contribution in [1.29, 1.82) is 0 Å². The Morgan fingerprint density at radius 2 is 1.33 bits per heavy atom. The summed E-state index contributed by atoms with van der Waals surface area (Å²) in [6.45, 7) is 3.61. The first kappa shape index (κ1) is 25.9. The lowest BCUT2D eigenvalue weighted by Crippen LogP contribution is -2.18. The van der Waals surface area contributed by atoms with E-state index in [1.54, 1.807) is 0 Å². The quantitative estimate of drug-likeness (QED) is 0.142. The van der Waals surface area contributed by atoms with Gasteiger partial charge in [-0.1, -0.05) is 76.2 Å². The van der Waals surface area contributed by atoms with Crippen molar-refractivity contribution in [2.24, 2.45) is 0 Å². The van der Waals surface area contributed by atoms with E-state index in [-0.39, 0.29) is 5.97 Å². The molecule has 0 aromatic heterocycles. The van der Waals surface area contributed by atoms with Gasteiger partial charge in [-0.05, 0) is 52.6 Å². The molecule has 0 aliphatic heterocycles. The lowest BCUT2D eigenvalue weighted by atomic mass is 10.1. The molecule has 0 radical (unpaired) electrons. The highest BCUT2D eigenvalue weighted by Gasteiger charge is 2.02. The second-order valence-electron chi connectivity index (χ2n) is 7.71. The van der Waals surface area contributed by atoms with E-state index in [2.05, 4.69) is 31.2 Å². The van der Waals surface area contributed by atoms with Crippen molar-refractivity contribution < 1.29 is 9.53 Å². The molecule has 0 aromatic carbocycles. The summed E-state index contributed by atoms with van der Waals surface area (Å²) >= 11 is 0. The summed E-state index contributed by atoms with van der Waals surface area (Å²) in [4.78, 5) is 13.5. The van der Waals surface area contributed by atoms with E-state index in [9.17, 15) is 4.79 Å². The van der Waals surface area contributed by atoms with Gasteiger partial charge in [0.1, 0.15) is 0 Å². The molecule has 0 saturated heterocycles. The topological polar surface area (TPSA) is 29.5 Å². The fourth-order valence-electron chi connectivity index (χ4n) is 2.84. The van der Waals surface area contributed by atoms with Crippen molar-refractivity contribution in [3.8, 4) is 0 Å². The Morgan fingerprint density at radius 1 is 0.778 bits per heavy atom. The molecule has 0 unspecified atom stereocenters. The highest BCUT2D eigenvalue weighted by molar-refractivity contribution is 5.69.